The van der Waals surface area contributed by atoms with E-state index in [1.54, 1.807) is 11.8 Å². The molecule has 1 saturated heterocycles. The third kappa shape index (κ3) is 5.81. The number of aromatic nitrogens is 3. The van der Waals surface area contributed by atoms with Gasteiger partial charge in [-0.25, -0.2) is 0 Å². The zero-order valence-corrected chi connectivity index (χ0v) is 21.8. The van der Waals surface area contributed by atoms with E-state index in [1.165, 1.54) is 5.56 Å². The Balaban J connectivity index is 1.36. The molecule has 0 saturated carbocycles. The van der Waals surface area contributed by atoms with Crippen molar-refractivity contribution in [1.29, 1.82) is 0 Å². The number of hydrogen-bond donors (Lipinski definition) is 0. The molecule has 4 aromatic rings. The van der Waals surface area contributed by atoms with E-state index in [0.29, 0.717) is 17.2 Å². The molecule has 0 spiro atoms. The fraction of sp³-hybridized carbons (Fsp3) is 0.250. The van der Waals surface area contributed by atoms with Gasteiger partial charge >= 0.3 is 0 Å². The molecule has 5 rings (SSSR count). The average Bonchev–Trinajstić information content (AvgIpc) is 3.30. The lowest BCUT2D eigenvalue weighted by molar-refractivity contribution is 0.0664. The maximum absolute atomic E-state index is 13.0. The number of hydrogen-bond acceptors (Lipinski definition) is 5. The van der Waals surface area contributed by atoms with Crippen LogP contribution < -0.4 is 0 Å². The number of carbonyl (C=O) groups is 1. The first-order valence-corrected chi connectivity index (χ1v) is 13.4. The molecule has 2 heterocycles. The quantitative estimate of drug-likeness (QED) is 0.316. The highest BCUT2D eigenvalue weighted by molar-refractivity contribution is 7.98. The van der Waals surface area contributed by atoms with Gasteiger partial charge in [-0.2, -0.15) is 0 Å². The zero-order valence-electron chi connectivity index (χ0n) is 20.2. The smallest absolute Gasteiger partial charge is 0.253 e. The first-order chi connectivity index (χ1) is 17.6. The second-order valence-corrected chi connectivity index (χ2v) is 10.3. The van der Waals surface area contributed by atoms with Crippen LogP contribution in [0.2, 0.25) is 5.02 Å². The Bertz CT molecular complexity index is 1330. The standard InChI is InChI=1S/C28H28ClN5OS/c1-32-13-15-33(16-14-32)27(35)23-10-5-9-22(17-23)20-36-28-31-30-26(18-21-7-3-2-4-8-21)34(28)25-12-6-11-24(29)19-25/h2-12,17,19H,13-16,18,20H2,1H3. The third-order valence-corrected chi connectivity index (χ3v) is 7.54. The van der Waals surface area contributed by atoms with Gasteiger partial charge in [0.15, 0.2) is 5.16 Å². The Kier molecular flexibility index (Phi) is 7.70. The molecule has 0 radical (unpaired) electrons. The van der Waals surface area contributed by atoms with Gasteiger partial charge in [-0.15, -0.1) is 10.2 Å². The van der Waals surface area contributed by atoms with E-state index in [2.05, 4.69) is 44.9 Å². The van der Waals surface area contributed by atoms with Crippen LogP contribution in [0.4, 0.5) is 0 Å². The number of thioether (sulfide) groups is 1. The topological polar surface area (TPSA) is 54.3 Å². The van der Waals surface area contributed by atoms with Crippen LogP contribution in [0.15, 0.2) is 84.0 Å². The lowest BCUT2D eigenvalue weighted by Crippen LogP contribution is -2.47. The second-order valence-electron chi connectivity index (χ2n) is 8.96. The summed E-state index contributed by atoms with van der Waals surface area (Å²) >= 11 is 7.92. The Morgan fingerprint density at radius 2 is 1.64 bits per heavy atom. The van der Waals surface area contributed by atoms with Crippen molar-refractivity contribution >= 4 is 29.3 Å². The predicted octanol–water partition coefficient (Wildman–Crippen LogP) is 5.19. The van der Waals surface area contributed by atoms with Crippen molar-refractivity contribution in [1.82, 2.24) is 24.6 Å². The highest BCUT2D eigenvalue weighted by Gasteiger charge is 2.21. The van der Waals surface area contributed by atoms with Crippen LogP contribution in [-0.4, -0.2) is 63.7 Å². The van der Waals surface area contributed by atoms with Gasteiger partial charge < -0.3 is 9.80 Å². The Labute approximate surface area is 220 Å². The molecule has 8 heteroatoms. The Hall–Kier alpha value is -3.13. The number of benzene rings is 3. The SMILES string of the molecule is CN1CCN(C(=O)c2cccc(CSc3nnc(Cc4ccccc4)n3-c3cccc(Cl)c3)c2)CC1. The minimum absolute atomic E-state index is 0.0993. The highest BCUT2D eigenvalue weighted by Crippen LogP contribution is 2.28. The van der Waals surface area contributed by atoms with Gasteiger partial charge in [-0.05, 0) is 48.5 Å². The van der Waals surface area contributed by atoms with Crippen molar-refractivity contribution < 1.29 is 4.79 Å². The van der Waals surface area contributed by atoms with Crippen molar-refractivity contribution in [3.8, 4) is 5.69 Å². The van der Waals surface area contributed by atoms with E-state index in [-0.39, 0.29) is 5.91 Å². The van der Waals surface area contributed by atoms with E-state index < -0.39 is 0 Å². The van der Waals surface area contributed by atoms with Gasteiger partial charge in [0.1, 0.15) is 5.82 Å². The normalized spacial score (nSPS) is 14.2. The van der Waals surface area contributed by atoms with Crippen LogP contribution >= 0.6 is 23.4 Å². The van der Waals surface area contributed by atoms with Crippen LogP contribution in [0.5, 0.6) is 0 Å². The molecule has 0 bridgehead atoms. The van der Waals surface area contributed by atoms with E-state index in [1.807, 2.05) is 65.6 Å². The largest absolute Gasteiger partial charge is 0.336 e. The van der Waals surface area contributed by atoms with E-state index in [9.17, 15) is 4.79 Å². The summed E-state index contributed by atoms with van der Waals surface area (Å²) in [6, 6.07) is 25.9. The van der Waals surface area contributed by atoms with Crippen LogP contribution in [-0.2, 0) is 12.2 Å². The Morgan fingerprint density at radius 1 is 0.889 bits per heavy atom. The fourth-order valence-corrected chi connectivity index (χ4v) is 5.39. The van der Waals surface area contributed by atoms with Crippen molar-refractivity contribution in [2.45, 2.75) is 17.3 Å². The van der Waals surface area contributed by atoms with E-state index >= 15 is 0 Å². The van der Waals surface area contributed by atoms with Crippen molar-refractivity contribution in [2.24, 2.45) is 0 Å². The lowest BCUT2D eigenvalue weighted by atomic mass is 10.1. The van der Waals surface area contributed by atoms with Crippen LogP contribution in [0.1, 0.15) is 27.3 Å². The predicted molar refractivity (Wildman–Crippen MR) is 145 cm³/mol. The maximum Gasteiger partial charge on any atom is 0.253 e. The van der Waals surface area contributed by atoms with Crippen molar-refractivity contribution in [2.75, 3.05) is 33.2 Å². The summed E-state index contributed by atoms with van der Waals surface area (Å²) in [5.41, 5.74) is 3.91. The van der Waals surface area contributed by atoms with Crippen molar-refractivity contribution in [3.05, 3.63) is 106 Å². The number of likely N-dealkylation sites (N-methyl/N-ethyl adjacent to an activating group) is 1. The summed E-state index contributed by atoms with van der Waals surface area (Å²) in [6.45, 7) is 3.35. The molecule has 1 aliphatic heterocycles. The van der Waals surface area contributed by atoms with Gasteiger partial charge in [0.2, 0.25) is 0 Å². The molecule has 0 aliphatic carbocycles. The number of amides is 1. The second kappa shape index (κ2) is 11.3. The molecule has 0 unspecified atom stereocenters. The molecule has 6 nitrogen and oxygen atoms in total. The molecule has 1 fully saturated rings. The fourth-order valence-electron chi connectivity index (χ4n) is 4.30. The minimum Gasteiger partial charge on any atom is -0.336 e. The zero-order chi connectivity index (χ0) is 24.9. The summed E-state index contributed by atoms with van der Waals surface area (Å²) in [6.07, 6.45) is 0.663. The van der Waals surface area contributed by atoms with Crippen molar-refractivity contribution in [3.63, 3.8) is 0 Å². The van der Waals surface area contributed by atoms with Gasteiger partial charge in [0, 0.05) is 48.9 Å². The van der Waals surface area contributed by atoms with Gasteiger partial charge in [0.25, 0.3) is 5.91 Å². The first kappa shape index (κ1) is 24.6. The van der Waals surface area contributed by atoms with E-state index in [4.69, 9.17) is 11.6 Å². The Morgan fingerprint density at radius 3 is 2.42 bits per heavy atom. The summed E-state index contributed by atoms with van der Waals surface area (Å²) in [4.78, 5) is 17.2. The highest BCUT2D eigenvalue weighted by atomic mass is 35.5. The maximum atomic E-state index is 13.0. The molecule has 36 heavy (non-hydrogen) atoms. The molecular formula is C28H28ClN5OS. The van der Waals surface area contributed by atoms with E-state index in [0.717, 1.165) is 54.0 Å². The van der Waals surface area contributed by atoms with Crippen LogP contribution in [0.3, 0.4) is 0 Å². The van der Waals surface area contributed by atoms with Gasteiger partial charge in [-0.3, -0.25) is 9.36 Å². The summed E-state index contributed by atoms with van der Waals surface area (Å²) in [5.74, 6) is 1.63. The molecule has 1 aromatic heterocycles. The molecule has 0 N–H and O–H groups in total. The molecular weight excluding hydrogens is 490 g/mol. The van der Waals surface area contributed by atoms with Gasteiger partial charge in [-0.1, -0.05) is 71.9 Å². The number of piperazine rings is 1. The molecule has 184 valence electrons. The monoisotopic (exact) mass is 517 g/mol. The summed E-state index contributed by atoms with van der Waals surface area (Å²) in [5, 5.41) is 10.5. The number of nitrogens with zero attached hydrogens (tertiary/aromatic N) is 5. The first-order valence-electron chi connectivity index (χ1n) is 12.0. The number of rotatable bonds is 7. The van der Waals surface area contributed by atoms with Gasteiger partial charge in [0.05, 0.1) is 5.69 Å². The van der Waals surface area contributed by atoms with Crippen LogP contribution in [0.25, 0.3) is 5.69 Å². The molecule has 1 amide bonds. The summed E-state index contributed by atoms with van der Waals surface area (Å²) in [7, 11) is 2.09. The molecule has 0 atom stereocenters. The summed E-state index contributed by atoms with van der Waals surface area (Å²) < 4.78 is 2.07. The lowest BCUT2D eigenvalue weighted by Gasteiger charge is -2.32. The van der Waals surface area contributed by atoms with Crippen LogP contribution in [0, 0.1) is 0 Å². The number of halogens is 1. The minimum atomic E-state index is 0.0993. The molecule has 3 aromatic carbocycles. The molecule has 1 aliphatic rings. The third-order valence-electron chi connectivity index (χ3n) is 6.30. The number of carbonyl (C=O) groups excluding carboxylic acids is 1. The average molecular weight is 518 g/mol.